The maximum atomic E-state index is 12.5. The molecule has 5 rings (SSSR count). The van der Waals surface area contributed by atoms with Gasteiger partial charge in [0, 0.05) is 42.1 Å². The maximum absolute atomic E-state index is 12.5. The molecule has 31 heavy (non-hydrogen) atoms. The number of nitrogens with one attached hydrogen (secondary N) is 2. The molecule has 1 aromatic carbocycles. The Morgan fingerprint density at radius 2 is 2.26 bits per heavy atom. The van der Waals surface area contributed by atoms with Gasteiger partial charge in [0.1, 0.15) is 5.75 Å². The molecule has 1 atom stereocenters. The average Bonchev–Trinajstić information content (AvgIpc) is 3.47. The summed E-state index contributed by atoms with van der Waals surface area (Å²) in [5.74, 6) is 0.625. The molecule has 0 radical (unpaired) electrons. The van der Waals surface area contributed by atoms with Crippen LogP contribution in [-0.4, -0.2) is 46.6 Å². The molecular weight excluding hydrogens is 434 g/mol. The molecule has 0 fully saturated rings. The topological polar surface area (TPSA) is 95.9 Å². The van der Waals surface area contributed by atoms with E-state index in [0.29, 0.717) is 18.2 Å². The fraction of sp³-hybridized carbons (Fsp3) is 0.333. The number of nitrogens with zero attached hydrogens (tertiary/aromatic N) is 3. The summed E-state index contributed by atoms with van der Waals surface area (Å²) in [6.07, 6.45) is 1.03. The van der Waals surface area contributed by atoms with Crippen molar-refractivity contribution in [1.29, 1.82) is 0 Å². The Labute approximate surface area is 187 Å². The number of aromatic nitrogens is 1. The third-order valence-electron chi connectivity index (χ3n) is 5.26. The second kappa shape index (κ2) is 8.35. The van der Waals surface area contributed by atoms with Crippen molar-refractivity contribution in [3.63, 3.8) is 0 Å². The van der Waals surface area contributed by atoms with Gasteiger partial charge in [-0.15, -0.1) is 11.3 Å². The SMILES string of the molecule is CC(=O)NC1CCOc2ccc(-c3csc(NC(=O)CC4=CSC5=NCCN45)n3)cc21. The van der Waals surface area contributed by atoms with Crippen LogP contribution >= 0.6 is 23.1 Å². The molecule has 0 aliphatic carbocycles. The summed E-state index contributed by atoms with van der Waals surface area (Å²) >= 11 is 2.96. The lowest BCUT2D eigenvalue weighted by Gasteiger charge is -2.26. The first-order valence-corrected chi connectivity index (χ1v) is 11.8. The van der Waals surface area contributed by atoms with Crippen LogP contribution in [0.3, 0.4) is 0 Å². The number of thioether (sulfide) groups is 1. The van der Waals surface area contributed by atoms with Crippen LogP contribution in [0.15, 0.2) is 39.7 Å². The Hall–Kier alpha value is -2.85. The van der Waals surface area contributed by atoms with E-state index >= 15 is 0 Å². The second-order valence-electron chi connectivity index (χ2n) is 7.45. The highest BCUT2D eigenvalue weighted by molar-refractivity contribution is 8.16. The highest BCUT2D eigenvalue weighted by Gasteiger charge is 2.27. The molecule has 2 N–H and O–H groups in total. The number of hydrogen-bond acceptors (Lipinski definition) is 8. The fourth-order valence-corrected chi connectivity index (χ4v) is 5.55. The number of amidine groups is 1. The Balaban J connectivity index is 1.28. The quantitative estimate of drug-likeness (QED) is 0.718. The number of carbonyl (C=O) groups is 2. The Morgan fingerprint density at radius 1 is 1.35 bits per heavy atom. The van der Waals surface area contributed by atoms with E-state index < -0.39 is 0 Å². The molecule has 0 saturated heterocycles. The van der Waals surface area contributed by atoms with Crippen molar-refractivity contribution in [1.82, 2.24) is 15.2 Å². The second-order valence-corrected chi connectivity index (χ2v) is 9.14. The largest absolute Gasteiger partial charge is 0.493 e. The molecular formula is C21H21N5O3S2. The summed E-state index contributed by atoms with van der Waals surface area (Å²) in [7, 11) is 0. The summed E-state index contributed by atoms with van der Waals surface area (Å²) in [5, 5.41) is 11.3. The summed E-state index contributed by atoms with van der Waals surface area (Å²) in [6.45, 7) is 3.71. The van der Waals surface area contributed by atoms with Gasteiger partial charge in [0.15, 0.2) is 10.3 Å². The zero-order valence-corrected chi connectivity index (χ0v) is 18.5. The van der Waals surface area contributed by atoms with Crippen LogP contribution in [-0.2, 0) is 9.59 Å². The molecule has 3 aliphatic heterocycles. The number of anilines is 1. The van der Waals surface area contributed by atoms with Gasteiger partial charge < -0.3 is 20.3 Å². The van der Waals surface area contributed by atoms with Crippen molar-refractivity contribution in [3.8, 4) is 17.0 Å². The number of thiazole rings is 1. The Kier molecular flexibility index (Phi) is 5.41. The molecule has 4 heterocycles. The number of rotatable bonds is 5. The Morgan fingerprint density at radius 3 is 3.13 bits per heavy atom. The highest BCUT2D eigenvalue weighted by atomic mass is 32.2. The van der Waals surface area contributed by atoms with E-state index in [0.717, 1.165) is 52.9 Å². The van der Waals surface area contributed by atoms with E-state index in [-0.39, 0.29) is 17.9 Å². The van der Waals surface area contributed by atoms with E-state index in [4.69, 9.17) is 4.74 Å². The van der Waals surface area contributed by atoms with Crippen molar-refractivity contribution in [2.45, 2.75) is 25.8 Å². The van der Waals surface area contributed by atoms with Crippen LogP contribution in [0.1, 0.15) is 31.4 Å². The van der Waals surface area contributed by atoms with Gasteiger partial charge in [-0.25, -0.2) is 4.98 Å². The first kappa shape index (κ1) is 20.1. The lowest BCUT2D eigenvalue weighted by molar-refractivity contribution is -0.120. The van der Waals surface area contributed by atoms with Gasteiger partial charge in [-0.05, 0) is 23.6 Å². The predicted octanol–water partition coefficient (Wildman–Crippen LogP) is 3.36. The average molecular weight is 456 g/mol. The van der Waals surface area contributed by atoms with Gasteiger partial charge in [0.25, 0.3) is 0 Å². The minimum absolute atomic E-state index is 0.0648. The van der Waals surface area contributed by atoms with Crippen LogP contribution in [0.25, 0.3) is 11.3 Å². The molecule has 2 aromatic rings. The zero-order valence-electron chi connectivity index (χ0n) is 16.9. The molecule has 2 amide bonds. The number of ether oxygens (including phenoxy) is 1. The molecule has 1 aromatic heterocycles. The lowest BCUT2D eigenvalue weighted by atomic mass is 9.97. The molecule has 160 valence electrons. The van der Waals surface area contributed by atoms with E-state index in [1.807, 2.05) is 29.0 Å². The summed E-state index contributed by atoms with van der Waals surface area (Å²) < 4.78 is 5.73. The van der Waals surface area contributed by atoms with Crippen LogP contribution in [0.2, 0.25) is 0 Å². The standard InChI is InChI=1S/C21H21N5O3S2/c1-12(27)23-16-4-7-29-18-3-2-13(8-15(16)18)17-11-30-20(24-17)25-19(28)9-14-10-31-21-22-5-6-26(14)21/h2-3,8,10-11,16H,4-7,9H2,1H3,(H,23,27)(H,24,25,28). The van der Waals surface area contributed by atoms with Gasteiger partial charge in [-0.2, -0.15) is 0 Å². The maximum Gasteiger partial charge on any atom is 0.232 e. The van der Waals surface area contributed by atoms with Crippen molar-refractivity contribution < 1.29 is 14.3 Å². The molecule has 3 aliphatic rings. The predicted molar refractivity (Wildman–Crippen MR) is 122 cm³/mol. The first-order chi connectivity index (χ1) is 15.1. The smallest absolute Gasteiger partial charge is 0.232 e. The highest BCUT2D eigenvalue weighted by Crippen LogP contribution is 2.36. The van der Waals surface area contributed by atoms with Gasteiger partial charge in [-0.1, -0.05) is 11.8 Å². The third-order valence-corrected chi connectivity index (χ3v) is 6.97. The van der Waals surface area contributed by atoms with Crippen LogP contribution in [0, 0.1) is 0 Å². The van der Waals surface area contributed by atoms with E-state index in [1.54, 1.807) is 11.8 Å². The summed E-state index contributed by atoms with van der Waals surface area (Å²) in [6, 6.07) is 5.79. The minimum Gasteiger partial charge on any atom is -0.493 e. The molecule has 0 bridgehead atoms. The molecule has 10 heteroatoms. The normalized spacial score (nSPS) is 19.1. The van der Waals surface area contributed by atoms with Crippen molar-refractivity contribution in [3.05, 3.63) is 40.2 Å². The minimum atomic E-state index is -0.0922. The number of fused-ring (bicyclic) bond motifs is 2. The van der Waals surface area contributed by atoms with Crippen LogP contribution in [0.4, 0.5) is 5.13 Å². The summed E-state index contributed by atoms with van der Waals surface area (Å²) in [5.41, 5.74) is 3.63. The molecule has 8 nitrogen and oxygen atoms in total. The molecule has 0 spiro atoms. The third kappa shape index (κ3) is 4.17. The van der Waals surface area contributed by atoms with E-state index in [1.165, 1.54) is 18.3 Å². The van der Waals surface area contributed by atoms with Crippen molar-refractivity contribution in [2.24, 2.45) is 4.99 Å². The van der Waals surface area contributed by atoms with Crippen molar-refractivity contribution >= 4 is 45.2 Å². The monoisotopic (exact) mass is 455 g/mol. The molecule has 1 unspecified atom stereocenters. The van der Waals surface area contributed by atoms with Gasteiger partial charge in [0.2, 0.25) is 11.8 Å². The number of aliphatic imine (C=N–C) groups is 1. The molecule has 0 saturated carbocycles. The Bertz CT molecular complexity index is 1110. The van der Waals surface area contributed by atoms with Crippen LogP contribution in [0.5, 0.6) is 5.75 Å². The lowest BCUT2D eigenvalue weighted by Crippen LogP contribution is -2.30. The van der Waals surface area contributed by atoms with E-state index in [9.17, 15) is 9.59 Å². The first-order valence-electron chi connectivity index (χ1n) is 10.0. The van der Waals surface area contributed by atoms with Crippen molar-refractivity contribution in [2.75, 3.05) is 25.0 Å². The fourth-order valence-electron chi connectivity index (χ4n) is 3.86. The number of benzene rings is 1. The van der Waals surface area contributed by atoms with Gasteiger partial charge in [0.05, 0.1) is 31.3 Å². The van der Waals surface area contributed by atoms with Crippen LogP contribution < -0.4 is 15.4 Å². The van der Waals surface area contributed by atoms with E-state index in [2.05, 4.69) is 25.5 Å². The number of hydrogen-bond donors (Lipinski definition) is 2. The van der Waals surface area contributed by atoms with Gasteiger partial charge >= 0.3 is 0 Å². The van der Waals surface area contributed by atoms with Gasteiger partial charge in [-0.3, -0.25) is 14.6 Å². The zero-order chi connectivity index (χ0) is 21.4. The number of amides is 2. The number of carbonyl (C=O) groups excluding carboxylic acids is 2. The summed E-state index contributed by atoms with van der Waals surface area (Å²) in [4.78, 5) is 35.2.